The number of aromatic nitrogens is 6. The van der Waals surface area contributed by atoms with Gasteiger partial charge < -0.3 is 4.98 Å². The molecule has 3 heterocycles. The number of hydrogen-bond acceptors (Lipinski definition) is 6. The van der Waals surface area contributed by atoms with Gasteiger partial charge in [0.2, 0.25) is 5.28 Å². The third-order valence-corrected chi connectivity index (χ3v) is 3.64. The van der Waals surface area contributed by atoms with Gasteiger partial charge in [-0.05, 0) is 23.4 Å². The van der Waals surface area contributed by atoms with Gasteiger partial charge in [-0.25, -0.2) is 24.9 Å². The van der Waals surface area contributed by atoms with Crippen molar-refractivity contribution < 1.29 is 0 Å². The van der Waals surface area contributed by atoms with E-state index in [1.54, 1.807) is 6.33 Å². The summed E-state index contributed by atoms with van der Waals surface area (Å²) < 4.78 is 0. The Morgan fingerprint density at radius 3 is 2.83 bits per heavy atom. The highest BCUT2D eigenvalue weighted by molar-refractivity contribution is 7.99. The normalized spacial score (nSPS) is 11.0. The van der Waals surface area contributed by atoms with Crippen LogP contribution >= 0.6 is 35.0 Å². The molecule has 3 aromatic heterocycles. The first-order valence-electron chi connectivity index (χ1n) is 4.74. The van der Waals surface area contributed by atoms with E-state index >= 15 is 0 Å². The molecule has 3 rings (SSSR count). The molecule has 1 N–H and O–H groups in total. The molecular formula is C9H4Cl2N6S. The van der Waals surface area contributed by atoms with E-state index in [2.05, 4.69) is 29.9 Å². The van der Waals surface area contributed by atoms with Crippen LogP contribution in [0.5, 0.6) is 0 Å². The van der Waals surface area contributed by atoms with Gasteiger partial charge in [-0.2, -0.15) is 0 Å². The fourth-order valence-electron chi connectivity index (χ4n) is 1.31. The molecule has 0 aliphatic rings. The highest BCUT2D eigenvalue weighted by Gasteiger charge is 2.12. The number of nitrogens with one attached hydrogen (secondary N) is 1. The van der Waals surface area contributed by atoms with Crippen molar-refractivity contribution >= 4 is 46.1 Å². The number of fused-ring (bicyclic) bond motifs is 1. The molecule has 9 heteroatoms. The molecule has 90 valence electrons. The second kappa shape index (κ2) is 4.68. The zero-order chi connectivity index (χ0) is 12.5. The summed E-state index contributed by atoms with van der Waals surface area (Å²) >= 11 is 13.0. The summed E-state index contributed by atoms with van der Waals surface area (Å²) in [5.41, 5.74) is 1.32. The Morgan fingerprint density at radius 1 is 1.06 bits per heavy atom. The molecule has 0 saturated carbocycles. The highest BCUT2D eigenvalue weighted by atomic mass is 35.5. The van der Waals surface area contributed by atoms with Crippen LogP contribution in [0.4, 0.5) is 0 Å². The molecule has 0 aliphatic heterocycles. The Balaban J connectivity index is 2.06. The lowest BCUT2D eigenvalue weighted by Gasteiger charge is -2.02. The topological polar surface area (TPSA) is 80.2 Å². The Kier molecular flexibility index (Phi) is 3.02. The van der Waals surface area contributed by atoms with Crippen molar-refractivity contribution in [3.63, 3.8) is 0 Å². The predicted octanol–water partition coefficient (Wildman–Crippen LogP) is 2.60. The molecule has 0 spiro atoms. The minimum Gasteiger partial charge on any atom is -0.341 e. The van der Waals surface area contributed by atoms with E-state index in [0.717, 1.165) is 5.52 Å². The second-order valence-electron chi connectivity index (χ2n) is 3.17. The van der Waals surface area contributed by atoms with Crippen LogP contribution in [0.3, 0.4) is 0 Å². The fourth-order valence-corrected chi connectivity index (χ4v) is 2.52. The maximum atomic E-state index is 6.00. The maximum absolute atomic E-state index is 6.00. The van der Waals surface area contributed by atoms with E-state index in [1.165, 1.54) is 24.3 Å². The fraction of sp³-hybridized carbons (Fsp3) is 0. The summed E-state index contributed by atoms with van der Waals surface area (Å²) in [6.45, 7) is 0. The van der Waals surface area contributed by atoms with Crippen molar-refractivity contribution in [2.24, 2.45) is 0 Å². The zero-order valence-electron chi connectivity index (χ0n) is 8.63. The summed E-state index contributed by atoms with van der Waals surface area (Å²) in [5, 5.41) is 1.76. The minimum atomic E-state index is 0.136. The summed E-state index contributed by atoms with van der Waals surface area (Å²) in [4.78, 5) is 23.0. The Morgan fingerprint density at radius 2 is 1.94 bits per heavy atom. The van der Waals surface area contributed by atoms with E-state index in [-0.39, 0.29) is 5.28 Å². The van der Waals surface area contributed by atoms with Gasteiger partial charge in [-0.15, -0.1) is 0 Å². The molecule has 0 fully saturated rings. The third-order valence-electron chi connectivity index (χ3n) is 2.06. The smallest absolute Gasteiger partial charge is 0.223 e. The molecule has 0 aliphatic carbocycles. The van der Waals surface area contributed by atoms with Gasteiger partial charge >= 0.3 is 0 Å². The SMILES string of the molecule is Clc1ncc(Cl)c(Sc2ncnc3nc[nH]c23)n1. The van der Waals surface area contributed by atoms with Crippen molar-refractivity contribution in [2.45, 2.75) is 10.1 Å². The first-order valence-corrected chi connectivity index (χ1v) is 6.31. The number of rotatable bonds is 2. The van der Waals surface area contributed by atoms with Crippen LogP contribution in [-0.4, -0.2) is 29.9 Å². The van der Waals surface area contributed by atoms with E-state index in [1.807, 2.05) is 0 Å². The molecule has 18 heavy (non-hydrogen) atoms. The van der Waals surface area contributed by atoms with Gasteiger partial charge in [0.25, 0.3) is 0 Å². The standard InChI is InChI=1S/C9H4Cl2N6S/c10-4-1-12-9(11)17-7(4)18-8-5-6(14-2-13-5)15-3-16-8/h1-3H,(H,13,14,15,16). The van der Waals surface area contributed by atoms with Gasteiger partial charge in [-0.1, -0.05) is 11.6 Å². The van der Waals surface area contributed by atoms with Crippen LogP contribution in [0.25, 0.3) is 11.2 Å². The Bertz CT molecular complexity index is 715. The van der Waals surface area contributed by atoms with Crippen LogP contribution in [0, 0.1) is 0 Å². The van der Waals surface area contributed by atoms with E-state index in [0.29, 0.717) is 20.7 Å². The van der Waals surface area contributed by atoms with Crippen LogP contribution in [0.15, 0.2) is 28.9 Å². The molecule has 0 bridgehead atoms. The van der Waals surface area contributed by atoms with Gasteiger partial charge in [0, 0.05) is 0 Å². The van der Waals surface area contributed by atoms with Gasteiger partial charge in [0.05, 0.1) is 17.5 Å². The molecule has 0 atom stereocenters. The van der Waals surface area contributed by atoms with E-state index in [9.17, 15) is 0 Å². The van der Waals surface area contributed by atoms with Gasteiger partial charge in [0.1, 0.15) is 21.9 Å². The number of H-pyrrole nitrogens is 1. The molecule has 0 amide bonds. The number of nitrogens with zero attached hydrogens (tertiary/aromatic N) is 5. The lowest BCUT2D eigenvalue weighted by atomic mass is 10.6. The largest absolute Gasteiger partial charge is 0.341 e. The summed E-state index contributed by atoms with van der Waals surface area (Å²) in [6.07, 6.45) is 4.44. The highest BCUT2D eigenvalue weighted by Crippen LogP contribution is 2.32. The number of aromatic amines is 1. The summed E-state index contributed by atoms with van der Waals surface area (Å²) in [6, 6.07) is 0. The zero-order valence-corrected chi connectivity index (χ0v) is 11.0. The summed E-state index contributed by atoms with van der Waals surface area (Å²) in [5.74, 6) is 0. The van der Waals surface area contributed by atoms with Gasteiger partial charge in [-0.3, -0.25) is 0 Å². The van der Waals surface area contributed by atoms with Crippen LogP contribution in [0.1, 0.15) is 0 Å². The summed E-state index contributed by atoms with van der Waals surface area (Å²) in [7, 11) is 0. The Labute approximate surface area is 115 Å². The predicted molar refractivity (Wildman–Crippen MR) is 67.9 cm³/mol. The van der Waals surface area contributed by atoms with E-state index < -0.39 is 0 Å². The average molecular weight is 299 g/mol. The maximum Gasteiger partial charge on any atom is 0.223 e. The lowest BCUT2D eigenvalue weighted by Crippen LogP contribution is -1.90. The monoisotopic (exact) mass is 298 g/mol. The average Bonchev–Trinajstić information content (AvgIpc) is 2.83. The third kappa shape index (κ3) is 2.12. The molecule has 6 nitrogen and oxygen atoms in total. The van der Waals surface area contributed by atoms with Crippen molar-refractivity contribution in [2.75, 3.05) is 0 Å². The van der Waals surface area contributed by atoms with Crippen molar-refractivity contribution in [3.05, 3.63) is 29.2 Å². The molecule has 3 aromatic rings. The van der Waals surface area contributed by atoms with Crippen molar-refractivity contribution in [1.29, 1.82) is 0 Å². The lowest BCUT2D eigenvalue weighted by molar-refractivity contribution is 1.03. The van der Waals surface area contributed by atoms with Crippen molar-refractivity contribution in [3.8, 4) is 0 Å². The molecule has 0 aromatic carbocycles. The first-order chi connectivity index (χ1) is 8.74. The first kappa shape index (κ1) is 11.6. The van der Waals surface area contributed by atoms with Crippen LogP contribution in [-0.2, 0) is 0 Å². The minimum absolute atomic E-state index is 0.136. The van der Waals surface area contributed by atoms with Crippen LogP contribution < -0.4 is 0 Å². The van der Waals surface area contributed by atoms with Crippen molar-refractivity contribution in [1.82, 2.24) is 29.9 Å². The van der Waals surface area contributed by atoms with E-state index in [4.69, 9.17) is 23.2 Å². The molecule has 0 unspecified atom stereocenters. The Hall–Kier alpha value is -1.44. The number of halogens is 2. The number of hydrogen-bond donors (Lipinski definition) is 1. The van der Waals surface area contributed by atoms with Crippen LogP contribution in [0.2, 0.25) is 10.3 Å². The molecular weight excluding hydrogens is 295 g/mol. The van der Waals surface area contributed by atoms with Gasteiger partial charge in [0.15, 0.2) is 5.65 Å². The number of imidazole rings is 1. The quantitative estimate of drug-likeness (QED) is 0.578. The molecule has 0 saturated heterocycles. The second-order valence-corrected chi connectivity index (χ2v) is 4.90. The molecule has 0 radical (unpaired) electrons.